The molecule has 0 amide bonds. The van der Waals surface area contributed by atoms with Crippen molar-refractivity contribution in [3.8, 4) is 5.75 Å². The maximum Gasteiger partial charge on any atom is 0.127 e. The Labute approximate surface area is 101 Å². The summed E-state index contributed by atoms with van der Waals surface area (Å²) in [6.45, 7) is 2.45. The second kappa shape index (κ2) is 5.51. The molecular formula is C15H16O2. The van der Waals surface area contributed by atoms with Crippen molar-refractivity contribution in [2.45, 2.75) is 6.92 Å². The summed E-state index contributed by atoms with van der Waals surface area (Å²) in [6.07, 6.45) is 1.89. The van der Waals surface area contributed by atoms with Crippen molar-refractivity contribution in [1.82, 2.24) is 0 Å². The van der Waals surface area contributed by atoms with Gasteiger partial charge in [0.2, 0.25) is 0 Å². The molecule has 88 valence electrons. The fraction of sp³-hybridized carbons (Fsp3) is 0.200. The summed E-state index contributed by atoms with van der Waals surface area (Å²) < 4.78 is 5.70. The van der Waals surface area contributed by atoms with Crippen molar-refractivity contribution in [3.63, 3.8) is 0 Å². The first-order valence-corrected chi connectivity index (χ1v) is 5.68. The highest BCUT2D eigenvalue weighted by Gasteiger charge is 1.99. The van der Waals surface area contributed by atoms with Crippen molar-refractivity contribution in [2.75, 3.05) is 13.2 Å². The second-order valence-electron chi connectivity index (χ2n) is 4.00. The summed E-state index contributed by atoms with van der Waals surface area (Å²) in [5.41, 5.74) is 0.922. The Morgan fingerprint density at radius 3 is 2.76 bits per heavy atom. The zero-order valence-corrected chi connectivity index (χ0v) is 9.89. The van der Waals surface area contributed by atoms with Gasteiger partial charge in [0.25, 0.3) is 0 Å². The van der Waals surface area contributed by atoms with E-state index in [1.165, 1.54) is 5.39 Å². The van der Waals surface area contributed by atoms with Crippen LogP contribution >= 0.6 is 0 Å². The largest absolute Gasteiger partial charge is 0.489 e. The molecule has 2 nitrogen and oxygen atoms in total. The highest BCUT2D eigenvalue weighted by molar-refractivity contribution is 5.88. The standard InChI is InChI=1S/C15H16O2/c1-12(11-16)9-10-17-15-8-4-6-13-5-2-3-7-14(13)15/h2-9,16H,10-11H2,1H3/b12-9+. The van der Waals surface area contributed by atoms with E-state index in [9.17, 15) is 0 Å². The lowest BCUT2D eigenvalue weighted by molar-refractivity contribution is 0.325. The van der Waals surface area contributed by atoms with E-state index in [1.54, 1.807) is 0 Å². The number of benzene rings is 2. The van der Waals surface area contributed by atoms with Gasteiger partial charge in [-0.25, -0.2) is 0 Å². The zero-order valence-electron chi connectivity index (χ0n) is 9.89. The molecule has 2 rings (SSSR count). The Bertz CT molecular complexity index is 524. The molecule has 0 spiro atoms. The Balaban J connectivity index is 2.19. The fourth-order valence-corrected chi connectivity index (χ4v) is 1.66. The molecule has 0 heterocycles. The number of ether oxygens (including phenoxy) is 1. The summed E-state index contributed by atoms with van der Waals surface area (Å²) in [7, 11) is 0. The van der Waals surface area contributed by atoms with Crippen LogP contribution in [0.25, 0.3) is 10.8 Å². The Hall–Kier alpha value is -1.80. The van der Waals surface area contributed by atoms with Gasteiger partial charge < -0.3 is 9.84 Å². The SMILES string of the molecule is C/C(=C\COc1cccc2ccccc12)CO. The first-order chi connectivity index (χ1) is 8.31. The molecule has 17 heavy (non-hydrogen) atoms. The van der Waals surface area contributed by atoms with E-state index in [1.807, 2.05) is 43.3 Å². The molecule has 0 saturated carbocycles. The zero-order chi connectivity index (χ0) is 12.1. The van der Waals surface area contributed by atoms with Crippen molar-refractivity contribution in [2.24, 2.45) is 0 Å². The van der Waals surface area contributed by atoms with Crippen LogP contribution in [0.15, 0.2) is 54.1 Å². The van der Waals surface area contributed by atoms with Crippen LogP contribution in [0.3, 0.4) is 0 Å². The molecule has 0 atom stereocenters. The average molecular weight is 228 g/mol. The van der Waals surface area contributed by atoms with Crippen LogP contribution in [-0.4, -0.2) is 18.3 Å². The van der Waals surface area contributed by atoms with Crippen LogP contribution in [0.2, 0.25) is 0 Å². The Morgan fingerprint density at radius 2 is 1.94 bits per heavy atom. The first kappa shape index (κ1) is 11.7. The third kappa shape index (κ3) is 2.86. The minimum atomic E-state index is 0.0822. The molecule has 2 aromatic carbocycles. The second-order valence-corrected chi connectivity index (χ2v) is 4.00. The van der Waals surface area contributed by atoms with Crippen LogP contribution < -0.4 is 4.74 Å². The van der Waals surface area contributed by atoms with Gasteiger partial charge in [0.05, 0.1) is 6.61 Å². The third-order valence-corrected chi connectivity index (χ3v) is 2.67. The van der Waals surface area contributed by atoms with Crippen LogP contribution in [0.4, 0.5) is 0 Å². The molecule has 0 unspecified atom stereocenters. The maximum atomic E-state index is 8.88. The molecule has 0 fully saturated rings. The molecule has 0 radical (unpaired) electrons. The Kier molecular flexibility index (Phi) is 3.78. The van der Waals surface area contributed by atoms with Gasteiger partial charge in [-0.2, -0.15) is 0 Å². The van der Waals surface area contributed by atoms with Gasteiger partial charge in [-0.15, -0.1) is 0 Å². The van der Waals surface area contributed by atoms with E-state index in [2.05, 4.69) is 12.1 Å². The van der Waals surface area contributed by atoms with E-state index < -0.39 is 0 Å². The lowest BCUT2D eigenvalue weighted by Crippen LogP contribution is -1.96. The van der Waals surface area contributed by atoms with Crippen molar-refractivity contribution in [1.29, 1.82) is 0 Å². The lowest BCUT2D eigenvalue weighted by Gasteiger charge is -2.07. The van der Waals surface area contributed by atoms with Gasteiger partial charge in [-0.3, -0.25) is 0 Å². The average Bonchev–Trinajstić information content (AvgIpc) is 2.39. The van der Waals surface area contributed by atoms with Crippen molar-refractivity contribution < 1.29 is 9.84 Å². The summed E-state index contributed by atoms with van der Waals surface area (Å²) in [6, 6.07) is 14.2. The quantitative estimate of drug-likeness (QED) is 0.814. The van der Waals surface area contributed by atoms with Gasteiger partial charge in [0, 0.05) is 5.39 Å². The number of hydrogen-bond acceptors (Lipinski definition) is 2. The molecule has 0 aliphatic heterocycles. The number of fused-ring (bicyclic) bond motifs is 1. The molecule has 0 bridgehead atoms. The first-order valence-electron chi connectivity index (χ1n) is 5.68. The molecule has 2 aromatic rings. The normalized spacial score (nSPS) is 11.8. The van der Waals surface area contributed by atoms with Gasteiger partial charge in [-0.1, -0.05) is 36.4 Å². The van der Waals surface area contributed by atoms with Crippen LogP contribution in [0.5, 0.6) is 5.75 Å². The van der Waals surface area contributed by atoms with Gasteiger partial charge in [-0.05, 0) is 30.0 Å². The number of rotatable bonds is 4. The van der Waals surface area contributed by atoms with Crippen LogP contribution in [0.1, 0.15) is 6.92 Å². The van der Waals surface area contributed by atoms with Gasteiger partial charge >= 0.3 is 0 Å². The molecule has 1 N–H and O–H groups in total. The molecule has 2 heteroatoms. The predicted octanol–water partition coefficient (Wildman–Crippen LogP) is 3.16. The van der Waals surface area contributed by atoms with Crippen LogP contribution in [-0.2, 0) is 0 Å². The number of aliphatic hydroxyl groups is 1. The smallest absolute Gasteiger partial charge is 0.127 e. The highest BCUT2D eigenvalue weighted by Crippen LogP contribution is 2.24. The topological polar surface area (TPSA) is 29.5 Å². The lowest BCUT2D eigenvalue weighted by atomic mass is 10.1. The summed E-state index contributed by atoms with van der Waals surface area (Å²) in [5, 5.41) is 11.2. The fourth-order valence-electron chi connectivity index (χ4n) is 1.66. The predicted molar refractivity (Wildman–Crippen MR) is 70.3 cm³/mol. The van der Waals surface area contributed by atoms with E-state index in [4.69, 9.17) is 9.84 Å². The minimum Gasteiger partial charge on any atom is -0.489 e. The van der Waals surface area contributed by atoms with E-state index in [0.717, 1.165) is 16.7 Å². The summed E-state index contributed by atoms with van der Waals surface area (Å²) in [5.74, 6) is 0.880. The van der Waals surface area contributed by atoms with Gasteiger partial charge in [0.1, 0.15) is 12.4 Å². The minimum absolute atomic E-state index is 0.0822. The molecule has 0 aliphatic carbocycles. The summed E-state index contributed by atoms with van der Waals surface area (Å²) >= 11 is 0. The molecule has 0 saturated heterocycles. The van der Waals surface area contributed by atoms with E-state index in [0.29, 0.717) is 6.61 Å². The number of aliphatic hydroxyl groups excluding tert-OH is 1. The maximum absolute atomic E-state index is 8.88. The monoisotopic (exact) mass is 228 g/mol. The van der Waals surface area contributed by atoms with E-state index in [-0.39, 0.29) is 6.61 Å². The van der Waals surface area contributed by atoms with Gasteiger partial charge in [0.15, 0.2) is 0 Å². The molecule has 0 aromatic heterocycles. The number of hydrogen-bond donors (Lipinski definition) is 1. The van der Waals surface area contributed by atoms with Crippen molar-refractivity contribution in [3.05, 3.63) is 54.1 Å². The summed E-state index contributed by atoms with van der Waals surface area (Å²) in [4.78, 5) is 0. The van der Waals surface area contributed by atoms with E-state index >= 15 is 0 Å². The molecule has 0 aliphatic rings. The Morgan fingerprint density at radius 1 is 1.18 bits per heavy atom. The molecular weight excluding hydrogens is 212 g/mol. The van der Waals surface area contributed by atoms with Crippen LogP contribution in [0, 0.1) is 0 Å². The third-order valence-electron chi connectivity index (χ3n) is 2.67. The van der Waals surface area contributed by atoms with Crippen molar-refractivity contribution >= 4 is 10.8 Å². The highest BCUT2D eigenvalue weighted by atomic mass is 16.5.